The van der Waals surface area contributed by atoms with E-state index >= 15 is 0 Å². The van der Waals surface area contributed by atoms with Crippen LogP contribution in [0.1, 0.15) is 64.0 Å². The smallest absolute Gasteiger partial charge is 0.125 e. The van der Waals surface area contributed by atoms with E-state index < -0.39 is 0 Å². The molecule has 2 aliphatic heterocycles. The molecule has 1 fully saturated rings. The van der Waals surface area contributed by atoms with Crippen LogP contribution in [0.15, 0.2) is 47.5 Å². The Bertz CT molecular complexity index is 1090. The van der Waals surface area contributed by atoms with Gasteiger partial charge in [0.15, 0.2) is 0 Å². The normalized spacial score (nSPS) is 25.1. The molecule has 2 aromatic rings. The van der Waals surface area contributed by atoms with Crippen molar-refractivity contribution in [2.45, 2.75) is 77.3 Å². The van der Waals surface area contributed by atoms with Gasteiger partial charge in [-0.2, -0.15) is 5.26 Å². The first-order chi connectivity index (χ1) is 16.9. The lowest BCUT2D eigenvalue weighted by Gasteiger charge is -2.39. The molecule has 3 atom stereocenters. The van der Waals surface area contributed by atoms with Gasteiger partial charge >= 0.3 is 0 Å². The van der Waals surface area contributed by atoms with Crippen molar-refractivity contribution in [2.24, 2.45) is 16.6 Å². The van der Waals surface area contributed by atoms with Crippen LogP contribution in [0.3, 0.4) is 0 Å². The minimum atomic E-state index is -0.179. The van der Waals surface area contributed by atoms with Gasteiger partial charge in [-0.25, -0.2) is 0 Å². The number of rotatable bonds is 3. The summed E-state index contributed by atoms with van der Waals surface area (Å²) in [5.74, 6) is 1.81. The molecular formula is C29H37N3O3. The number of aliphatic imine (C=N–C) groups is 1. The standard InChI is InChI=1S/C29H37N3O3/c1-4-25-9-11-28(31)32-18-27(23-12-13-34-29(2,3)16-23)35-26-10-8-22(15-24(26)19-33-25)21-7-5-6-20(14-21)17-30/h5-8,10,14-15,23,25,27H,4,9,11-13,16,18-19H2,1-3H3,(H2,31,32). The molecule has 2 aliphatic rings. The molecule has 0 saturated carbocycles. The highest BCUT2D eigenvalue weighted by molar-refractivity contribution is 5.80. The first-order valence-corrected chi connectivity index (χ1v) is 12.7. The first-order valence-electron chi connectivity index (χ1n) is 12.7. The van der Waals surface area contributed by atoms with E-state index in [9.17, 15) is 5.26 Å². The fourth-order valence-corrected chi connectivity index (χ4v) is 5.01. The molecular weight excluding hydrogens is 438 g/mol. The number of nitriles is 1. The summed E-state index contributed by atoms with van der Waals surface area (Å²) in [6.07, 6.45) is 4.34. The van der Waals surface area contributed by atoms with E-state index in [1.807, 2.05) is 30.3 Å². The predicted octanol–water partition coefficient (Wildman–Crippen LogP) is 5.62. The number of ether oxygens (including phenoxy) is 3. The van der Waals surface area contributed by atoms with Gasteiger partial charge < -0.3 is 19.9 Å². The lowest BCUT2D eigenvalue weighted by molar-refractivity contribution is -0.0903. The SMILES string of the molecule is CCC1CCC(N)=NCC(C2CCOC(C)(C)C2)Oc2ccc(-c3cccc(C#N)c3)cc2CO1. The highest BCUT2D eigenvalue weighted by Crippen LogP contribution is 2.35. The molecule has 0 amide bonds. The Morgan fingerprint density at radius 2 is 1.97 bits per heavy atom. The van der Waals surface area contributed by atoms with E-state index in [-0.39, 0.29) is 17.8 Å². The highest BCUT2D eigenvalue weighted by atomic mass is 16.5. The second-order valence-corrected chi connectivity index (χ2v) is 10.2. The number of hydrogen-bond donors (Lipinski definition) is 1. The van der Waals surface area contributed by atoms with Crippen LogP contribution in [0.4, 0.5) is 0 Å². The quantitative estimate of drug-likeness (QED) is 0.622. The summed E-state index contributed by atoms with van der Waals surface area (Å²) in [7, 11) is 0. The van der Waals surface area contributed by atoms with Crippen molar-refractivity contribution in [2.75, 3.05) is 13.2 Å². The monoisotopic (exact) mass is 475 g/mol. The number of nitrogens with two attached hydrogens (primary N) is 1. The Hall–Kier alpha value is -2.88. The van der Waals surface area contributed by atoms with E-state index in [4.69, 9.17) is 24.9 Å². The molecule has 1 saturated heterocycles. The maximum absolute atomic E-state index is 9.32. The van der Waals surface area contributed by atoms with Gasteiger partial charge in [0.2, 0.25) is 0 Å². The zero-order valence-corrected chi connectivity index (χ0v) is 21.1. The third kappa shape index (κ3) is 6.62. The van der Waals surface area contributed by atoms with Crippen LogP contribution < -0.4 is 10.5 Å². The molecule has 186 valence electrons. The summed E-state index contributed by atoms with van der Waals surface area (Å²) in [5, 5.41) is 9.32. The van der Waals surface area contributed by atoms with Crippen molar-refractivity contribution >= 4 is 5.84 Å². The van der Waals surface area contributed by atoms with Crippen LogP contribution in [-0.2, 0) is 16.1 Å². The molecule has 4 rings (SSSR count). The Kier molecular flexibility index (Phi) is 8.10. The summed E-state index contributed by atoms with van der Waals surface area (Å²) in [6.45, 7) is 8.13. The average Bonchev–Trinajstić information content (AvgIpc) is 2.85. The Morgan fingerprint density at radius 3 is 2.74 bits per heavy atom. The Labute approximate surface area is 209 Å². The fourth-order valence-electron chi connectivity index (χ4n) is 5.01. The molecule has 0 spiro atoms. The maximum atomic E-state index is 9.32. The molecule has 6 heteroatoms. The Balaban J connectivity index is 1.69. The van der Waals surface area contributed by atoms with E-state index in [1.165, 1.54) is 0 Å². The van der Waals surface area contributed by atoms with E-state index in [0.29, 0.717) is 30.5 Å². The van der Waals surface area contributed by atoms with Gasteiger partial charge in [0, 0.05) is 24.5 Å². The summed E-state index contributed by atoms with van der Waals surface area (Å²) >= 11 is 0. The lowest BCUT2D eigenvalue weighted by Crippen LogP contribution is -2.42. The summed E-state index contributed by atoms with van der Waals surface area (Å²) < 4.78 is 19.0. The van der Waals surface area contributed by atoms with Crippen molar-refractivity contribution in [3.63, 3.8) is 0 Å². The molecule has 0 aromatic heterocycles. The zero-order chi connectivity index (χ0) is 24.8. The van der Waals surface area contributed by atoms with Crippen molar-refractivity contribution in [3.8, 4) is 22.9 Å². The number of nitrogens with zero attached hydrogens (tertiary/aromatic N) is 2. The van der Waals surface area contributed by atoms with Crippen LogP contribution in [0, 0.1) is 17.2 Å². The third-order valence-electron chi connectivity index (χ3n) is 7.05. The van der Waals surface area contributed by atoms with Gasteiger partial charge in [-0.1, -0.05) is 25.1 Å². The summed E-state index contributed by atoms with van der Waals surface area (Å²) in [5.41, 5.74) is 9.79. The summed E-state index contributed by atoms with van der Waals surface area (Å²) in [4.78, 5) is 4.73. The summed E-state index contributed by atoms with van der Waals surface area (Å²) in [6, 6.07) is 16.1. The second-order valence-electron chi connectivity index (χ2n) is 10.2. The van der Waals surface area contributed by atoms with Crippen molar-refractivity contribution in [3.05, 3.63) is 53.6 Å². The number of amidine groups is 1. The molecule has 3 unspecified atom stereocenters. The molecule has 2 heterocycles. The first kappa shape index (κ1) is 25.2. The average molecular weight is 476 g/mol. The fraction of sp³-hybridized carbons (Fsp3) is 0.517. The van der Waals surface area contributed by atoms with Crippen molar-refractivity contribution < 1.29 is 14.2 Å². The topological polar surface area (TPSA) is 89.9 Å². The van der Waals surface area contributed by atoms with Crippen LogP contribution in [-0.4, -0.2) is 36.8 Å². The van der Waals surface area contributed by atoms with Gasteiger partial charge in [-0.3, -0.25) is 4.99 Å². The van der Waals surface area contributed by atoms with E-state index in [2.05, 4.69) is 39.0 Å². The van der Waals surface area contributed by atoms with Crippen LogP contribution in [0.25, 0.3) is 11.1 Å². The minimum absolute atomic E-state index is 0.0929. The van der Waals surface area contributed by atoms with E-state index in [0.717, 1.165) is 61.2 Å². The molecule has 2 N–H and O–H groups in total. The van der Waals surface area contributed by atoms with Crippen LogP contribution >= 0.6 is 0 Å². The highest BCUT2D eigenvalue weighted by Gasteiger charge is 2.35. The molecule has 0 bridgehead atoms. The minimum Gasteiger partial charge on any atom is -0.488 e. The largest absolute Gasteiger partial charge is 0.488 e. The lowest BCUT2D eigenvalue weighted by atomic mass is 9.84. The second kappa shape index (κ2) is 11.2. The van der Waals surface area contributed by atoms with Crippen molar-refractivity contribution in [1.82, 2.24) is 0 Å². The zero-order valence-electron chi connectivity index (χ0n) is 21.1. The maximum Gasteiger partial charge on any atom is 0.125 e. The Morgan fingerprint density at radius 1 is 1.14 bits per heavy atom. The van der Waals surface area contributed by atoms with Gasteiger partial charge in [0.1, 0.15) is 11.9 Å². The number of benzene rings is 2. The van der Waals surface area contributed by atoms with Gasteiger partial charge in [0.05, 0.1) is 42.3 Å². The molecule has 2 aromatic carbocycles. The molecule has 35 heavy (non-hydrogen) atoms. The molecule has 0 aliphatic carbocycles. The van der Waals surface area contributed by atoms with Gasteiger partial charge in [-0.05, 0) is 74.9 Å². The number of fused-ring (bicyclic) bond motifs is 1. The molecule has 0 radical (unpaired) electrons. The van der Waals surface area contributed by atoms with Crippen LogP contribution in [0.5, 0.6) is 5.75 Å². The van der Waals surface area contributed by atoms with Gasteiger partial charge in [0.25, 0.3) is 0 Å². The number of hydrogen-bond acceptors (Lipinski definition) is 6. The van der Waals surface area contributed by atoms with Gasteiger partial charge in [-0.15, -0.1) is 0 Å². The van der Waals surface area contributed by atoms with Crippen LogP contribution in [0.2, 0.25) is 0 Å². The van der Waals surface area contributed by atoms with Crippen molar-refractivity contribution in [1.29, 1.82) is 5.26 Å². The predicted molar refractivity (Wildman–Crippen MR) is 138 cm³/mol. The molecule has 6 nitrogen and oxygen atoms in total. The third-order valence-corrected chi connectivity index (χ3v) is 7.05. The van der Waals surface area contributed by atoms with E-state index in [1.54, 1.807) is 0 Å².